The number of rotatable bonds is 7. The standard InChI is InChI=1S/C25H25ClN4O3/c1-30-21-7-5-4-6-19(21)28-24(30)13-10-16-8-11-17(12-9-16)27-25(31)29-20-14-18(26)22(32-2)15-23(20)33-3/h4-9,11-12,14-15H,10,13H2,1-3H3,(H2,27,29,31). The average molecular weight is 465 g/mol. The van der Waals surface area contributed by atoms with E-state index in [-0.39, 0.29) is 0 Å². The van der Waals surface area contributed by atoms with Gasteiger partial charge < -0.3 is 24.7 Å². The summed E-state index contributed by atoms with van der Waals surface area (Å²) in [5, 5.41) is 5.95. The molecule has 33 heavy (non-hydrogen) atoms. The summed E-state index contributed by atoms with van der Waals surface area (Å²) in [6.45, 7) is 0. The number of nitrogens with one attached hydrogen (secondary N) is 2. The monoisotopic (exact) mass is 464 g/mol. The first-order valence-electron chi connectivity index (χ1n) is 10.5. The van der Waals surface area contributed by atoms with Crippen molar-refractivity contribution in [3.8, 4) is 11.5 Å². The fourth-order valence-electron chi connectivity index (χ4n) is 3.67. The van der Waals surface area contributed by atoms with E-state index in [1.165, 1.54) is 14.2 Å². The SMILES string of the molecule is COc1cc(OC)c(NC(=O)Nc2ccc(CCc3nc4ccccc4n3C)cc2)cc1Cl. The van der Waals surface area contributed by atoms with Crippen LogP contribution in [0.25, 0.3) is 11.0 Å². The number of carbonyl (C=O) groups is 1. The quantitative estimate of drug-likeness (QED) is 0.369. The summed E-state index contributed by atoms with van der Waals surface area (Å²) >= 11 is 6.17. The van der Waals surface area contributed by atoms with Gasteiger partial charge in [0.2, 0.25) is 0 Å². The highest BCUT2D eigenvalue weighted by atomic mass is 35.5. The van der Waals surface area contributed by atoms with E-state index in [1.807, 2.05) is 49.5 Å². The lowest BCUT2D eigenvalue weighted by Crippen LogP contribution is -2.19. The molecule has 1 heterocycles. The summed E-state index contributed by atoms with van der Waals surface area (Å²) in [5.41, 5.74) is 4.43. The number of aromatic nitrogens is 2. The van der Waals surface area contributed by atoms with Crippen molar-refractivity contribution in [3.05, 3.63) is 77.1 Å². The van der Waals surface area contributed by atoms with E-state index in [2.05, 4.69) is 21.3 Å². The fourth-order valence-corrected chi connectivity index (χ4v) is 3.91. The van der Waals surface area contributed by atoms with E-state index >= 15 is 0 Å². The number of para-hydroxylation sites is 2. The zero-order valence-electron chi connectivity index (χ0n) is 18.7. The van der Waals surface area contributed by atoms with Gasteiger partial charge in [-0.25, -0.2) is 9.78 Å². The van der Waals surface area contributed by atoms with Gasteiger partial charge in [0, 0.05) is 25.2 Å². The largest absolute Gasteiger partial charge is 0.495 e. The first kappa shape index (κ1) is 22.5. The first-order chi connectivity index (χ1) is 16.0. The van der Waals surface area contributed by atoms with E-state index in [9.17, 15) is 4.79 Å². The molecule has 0 aliphatic heterocycles. The molecule has 8 heteroatoms. The Morgan fingerprint density at radius 1 is 0.970 bits per heavy atom. The van der Waals surface area contributed by atoms with Crippen LogP contribution >= 0.6 is 11.6 Å². The Bertz CT molecular complexity index is 1290. The summed E-state index contributed by atoms with van der Waals surface area (Å²) in [6, 6.07) is 18.7. The van der Waals surface area contributed by atoms with Gasteiger partial charge in [-0.05, 0) is 42.3 Å². The van der Waals surface area contributed by atoms with Crippen molar-refractivity contribution in [3.63, 3.8) is 0 Å². The number of methoxy groups -OCH3 is 2. The molecule has 0 fully saturated rings. The predicted molar refractivity (Wildman–Crippen MR) is 132 cm³/mol. The van der Waals surface area contributed by atoms with E-state index < -0.39 is 6.03 Å². The van der Waals surface area contributed by atoms with Crippen LogP contribution < -0.4 is 20.1 Å². The second-order valence-electron chi connectivity index (χ2n) is 7.54. The molecule has 0 spiro atoms. The van der Waals surface area contributed by atoms with Crippen LogP contribution in [0.3, 0.4) is 0 Å². The molecule has 1 aromatic heterocycles. The number of halogens is 1. The minimum absolute atomic E-state index is 0.374. The Kier molecular flexibility index (Phi) is 6.70. The number of nitrogens with zero attached hydrogens (tertiary/aromatic N) is 2. The molecule has 0 atom stereocenters. The Balaban J connectivity index is 1.37. The van der Waals surface area contributed by atoms with E-state index in [1.54, 1.807) is 12.1 Å². The van der Waals surface area contributed by atoms with Crippen molar-refractivity contribution in [2.45, 2.75) is 12.8 Å². The highest BCUT2D eigenvalue weighted by Gasteiger charge is 2.13. The van der Waals surface area contributed by atoms with Gasteiger partial charge in [0.25, 0.3) is 0 Å². The Morgan fingerprint density at radius 3 is 2.39 bits per heavy atom. The van der Waals surface area contributed by atoms with Gasteiger partial charge in [-0.2, -0.15) is 0 Å². The van der Waals surface area contributed by atoms with Crippen molar-refractivity contribution in [1.82, 2.24) is 9.55 Å². The molecule has 170 valence electrons. The summed E-state index contributed by atoms with van der Waals surface area (Å²) < 4.78 is 12.6. The lowest BCUT2D eigenvalue weighted by Gasteiger charge is -2.14. The van der Waals surface area contributed by atoms with Crippen LogP contribution in [0.2, 0.25) is 5.02 Å². The second kappa shape index (κ2) is 9.83. The van der Waals surface area contributed by atoms with E-state index in [4.69, 9.17) is 26.1 Å². The molecule has 2 amide bonds. The first-order valence-corrected chi connectivity index (χ1v) is 10.8. The summed E-state index contributed by atoms with van der Waals surface area (Å²) in [4.78, 5) is 17.2. The molecule has 0 aliphatic carbocycles. The second-order valence-corrected chi connectivity index (χ2v) is 7.95. The van der Waals surface area contributed by atoms with Crippen molar-refractivity contribution in [2.24, 2.45) is 7.05 Å². The van der Waals surface area contributed by atoms with Gasteiger partial charge in [-0.1, -0.05) is 35.9 Å². The Hall–Kier alpha value is -3.71. The van der Waals surface area contributed by atoms with Gasteiger partial charge in [-0.3, -0.25) is 0 Å². The highest BCUT2D eigenvalue weighted by Crippen LogP contribution is 2.35. The van der Waals surface area contributed by atoms with E-state index in [0.29, 0.717) is 27.9 Å². The Morgan fingerprint density at radius 2 is 1.70 bits per heavy atom. The number of aryl methyl sites for hydroxylation is 3. The minimum atomic E-state index is -0.401. The van der Waals surface area contributed by atoms with Crippen molar-refractivity contribution in [2.75, 3.05) is 24.9 Å². The number of carbonyl (C=O) groups excluding carboxylic acids is 1. The fraction of sp³-hybridized carbons (Fsp3) is 0.200. The number of anilines is 2. The number of hydrogen-bond donors (Lipinski definition) is 2. The Labute approximate surface area is 197 Å². The third-order valence-electron chi connectivity index (χ3n) is 5.45. The van der Waals surface area contributed by atoms with Crippen LogP contribution in [0.15, 0.2) is 60.7 Å². The molecule has 7 nitrogen and oxygen atoms in total. The van der Waals surface area contributed by atoms with Crippen molar-refractivity contribution >= 4 is 40.0 Å². The van der Waals surface area contributed by atoms with Gasteiger partial charge in [0.15, 0.2) is 0 Å². The van der Waals surface area contributed by atoms with Gasteiger partial charge >= 0.3 is 6.03 Å². The maximum absolute atomic E-state index is 12.5. The molecule has 0 saturated heterocycles. The zero-order valence-corrected chi connectivity index (χ0v) is 19.4. The molecule has 3 aromatic carbocycles. The molecule has 0 bridgehead atoms. The normalized spacial score (nSPS) is 10.8. The third-order valence-corrected chi connectivity index (χ3v) is 5.75. The van der Waals surface area contributed by atoms with Crippen LogP contribution in [-0.2, 0) is 19.9 Å². The molecule has 0 unspecified atom stereocenters. The maximum Gasteiger partial charge on any atom is 0.323 e. The third kappa shape index (κ3) is 5.04. The molecule has 4 aromatic rings. The molecular formula is C25H25ClN4O3. The molecule has 0 aliphatic rings. The number of urea groups is 1. The molecule has 0 saturated carbocycles. The summed E-state index contributed by atoms with van der Waals surface area (Å²) in [7, 11) is 5.07. The van der Waals surface area contributed by atoms with Crippen LogP contribution in [0.1, 0.15) is 11.4 Å². The highest BCUT2D eigenvalue weighted by molar-refractivity contribution is 6.32. The molecular weight excluding hydrogens is 440 g/mol. The van der Waals surface area contributed by atoms with Crippen LogP contribution in [0.5, 0.6) is 11.5 Å². The maximum atomic E-state index is 12.5. The smallest absolute Gasteiger partial charge is 0.323 e. The topological polar surface area (TPSA) is 77.4 Å². The zero-order chi connectivity index (χ0) is 23.4. The van der Waals surface area contributed by atoms with Gasteiger partial charge in [-0.15, -0.1) is 0 Å². The molecule has 4 rings (SSSR count). The number of benzene rings is 3. The number of ether oxygens (including phenoxy) is 2. The number of hydrogen-bond acceptors (Lipinski definition) is 4. The van der Waals surface area contributed by atoms with Crippen LogP contribution in [-0.4, -0.2) is 29.8 Å². The van der Waals surface area contributed by atoms with Gasteiger partial charge in [0.1, 0.15) is 17.3 Å². The summed E-state index contributed by atoms with van der Waals surface area (Å²) in [6.07, 6.45) is 1.68. The summed E-state index contributed by atoms with van der Waals surface area (Å²) in [5.74, 6) is 1.96. The van der Waals surface area contributed by atoms with E-state index in [0.717, 1.165) is 35.3 Å². The molecule has 0 radical (unpaired) electrons. The van der Waals surface area contributed by atoms with Crippen LogP contribution in [0.4, 0.5) is 16.2 Å². The number of imidazole rings is 1. The minimum Gasteiger partial charge on any atom is -0.495 e. The number of fused-ring (bicyclic) bond motifs is 1. The lowest BCUT2D eigenvalue weighted by atomic mass is 10.1. The van der Waals surface area contributed by atoms with Crippen LogP contribution in [0, 0.1) is 0 Å². The predicted octanol–water partition coefficient (Wildman–Crippen LogP) is 5.67. The van der Waals surface area contributed by atoms with Crippen molar-refractivity contribution < 1.29 is 14.3 Å². The average Bonchev–Trinajstić information content (AvgIpc) is 3.14. The van der Waals surface area contributed by atoms with Gasteiger partial charge in [0.05, 0.1) is 36.0 Å². The lowest BCUT2D eigenvalue weighted by molar-refractivity contribution is 0.262. The molecule has 2 N–H and O–H groups in total. The number of amides is 2. The van der Waals surface area contributed by atoms with Crippen molar-refractivity contribution in [1.29, 1.82) is 0 Å².